The van der Waals surface area contributed by atoms with Crippen molar-refractivity contribution in [3.63, 3.8) is 0 Å². The first-order valence-corrected chi connectivity index (χ1v) is 10.6. The number of nitrogens with zero attached hydrogens (tertiary/aromatic N) is 2. The van der Waals surface area contributed by atoms with E-state index in [1.54, 1.807) is 47.0 Å². The van der Waals surface area contributed by atoms with Gasteiger partial charge in [-0.15, -0.1) is 0 Å². The van der Waals surface area contributed by atoms with Crippen LogP contribution in [0.3, 0.4) is 0 Å². The molecular weight excluding hydrogens is 352 g/mol. The van der Waals surface area contributed by atoms with Gasteiger partial charge in [-0.1, -0.05) is 47.0 Å². The van der Waals surface area contributed by atoms with Crippen molar-refractivity contribution in [1.29, 1.82) is 0 Å². The van der Waals surface area contributed by atoms with Crippen molar-refractivity contribution in [3.05, 3.63) is 29.6 Å². The predicted molar refractivity (Wildman–Crippen MR) is 103 cm³/mol. The first kappa shape index (κ1) is 17.0. The fourth-order valence-electron chi connectivity index (χ4n) is 2.85. The molecule has 0 aliphatic carbocycles. The molecule has 0 bridgehead atoms. The summed E-state index contributed by atoms with van der Waals surface area (Å²) in [5, 5.41) is 18.2. The van der Waals surface area contributed by atoms with Crippen LogP contribution in [0.15, 0.2) is 34.6 Å². The maximum absolute atomic E-state index is 10.3. The number of allylic oxidation sites excluding steroid dienone is 1. The highest BCUT2D eigenvalue weighted by molar-refractivity contribution is 8.33. The zero-order valence-electron chi connectivity index (χ0n) is 13.1. The van der Waals surface area contributed by atoms with Crippen LogP contribution in [-0.2, 0) is 0 Å². The van der Waals surface area contributed by atoms with Gasteiger partial charge < -0.3 is 5.21 Å². The Morgan fingerprint density at radius 1 is 1.18 bits per heavy atom. The van der Waals surface area contributed by atoms with Crippen molar-refractivity contribution in [1.82, 2.24) is 5.06 Å². The number of hydroxylamine groups is 2. The van der Waals surface area contributed by atoms with Crippen LogP contribution in [0.1, 0.15) is 34.1 Å². The molecule has 3 nitrogen and oxygen atoms in total. The number of hydrogen-bond donors (Lipinski definition) is 1. The highest BCUT2D eigenvalue weighted by Gasteiger charge is 2.51. The number of rotatable bonds is 2. The summed E-state index contributed by atoms with van der Waals surface area (Å²) >= 11 is 7.14. The molecule has 0 radical (unpaired) electrons. The van der Waals surface area contributed by atoms with Crippen molar-refractivity contribution >= 4 is 53.3 Å². The zero-order valence-corrected chi connectivity index (χ0v) is 16.3. The van der Waals surface area contributed by atoms with E-state index in [1.165, 1.54) is 18.4 Å². The summed E-state index contributed by atoms with van der Waals surface area (Å²) < 4.78 is 2.70. The van der Waals surface area contributed by atoms with E-state index in [2.05, 4.69) is 43.9 Å². The van der Waals surface area contributed by atoms with Gasteiger partial charge in [0.2, 0.25) is 0 Å². The molecule has 3 rings (SSSR count). The summed E-state index contributed by atoms with van der Waals surface area (Å²) in [5.74, 6) is 0. The van der Waals surface area contributed by atoms with Crippen molar-refractivity contribution < 1.29 is 5.21 Å². The Balaban J connectivity index is 1.67. The molecule has 0 amide bonds. The highest BCUT2D eigenvalue weighted by Crippen LogP contribution is 2.52. The van der Waals surface area contributed by atoms with Crippen molar-refractivity contribution in [2.75, 3.05) is 0 Å². The standard InChI is InChI=1S/C15H20N2OS4/c1-14(2)7-11(15(3,4)17(14)18)16-8-10-9-21-13(22-10)12-19-5-6-20-12/h5-6,8-9,11,18H,7H2,1-4H3. The molecule has 3 heterocycles. The van der Waals surface area contributed by atoms with E-state index >= 15 is 0 Å². The van der Waals surface area contributed by atoms with Crippen LogP contribution >= 0.6 is 47.0 Å². The molecule has 1 fully saturated rings. The Kier molecular flexibility index (Phi) is 4.85. The van der Waals surface area contributed by atoms with Gasteiger partial charge in [0.1, 0.15) is 0 Å². The maximum atomic E-state index is 10.3. The second-order valence-corrected chi connectivity index (χ2v) is 10.9. The third kappa shape index (κ3) is 3.21. The second kappa shape index (κ2) is 6.26. The van der Waals surface area contributed by atoms with E-state index in [4.69, 9.17) is 4.99 Å². The predicted octanol–water partition coefficient (Wildman–Crippen LogP) is 5.48. The van der Waals surface area contributed by atoms with Crippen LogP contribution < -0.4 is 0 Å². The lowest BCUT2D eigenvalue weighted by Crippen LogP contribution is -2.48. The SMILES string of the molecule is CC1(C)CC(N=CC2=CSC(=C3SC=CS3)S2)C(C)(C)N1O. The Morgan fingerprint density at radius 3 is 2.45 bits per heavy atom. The van der Waals surface area contributed by atoms with Gasteiger partial charge in [0.15, 0.2) is 0 Å². The van der Waals surface area contributed by atoms with E-state index in [9.17, 15) is 5.21 Å². The molecule has 0 saturated carbocycles. The average Bonchev–Trinajstić information content (AvgIpc) is 3.14. The summed E-state index contributed by atoms with van der Waals surface area (Å²) in [5.41, 5.74) is -0.563. The quantitative estimate of drug-likeness (QED) is 0.647. The maximum Gasteiger partial charge on any atom is 0.0719 e. The fraction of sp³-hybridized carbons (Fsp3) is 0.533. The highest BCUT2D eigenvalue weighted by atomic mass is 32.2. The molecule has 0 aromatic carbocycles. The fourth-order valence-corrected chi connectivity index (χ4v) is 7.15. The minimum atomic E-state index is -0.334. The normalized spacial score (nSPS) is 30.8. The van der Waals surface area contributed by atoms with Gasteiger partial charge in [0, 0.05) is 16.7 Å². The van der Waals surface area contributed by atoms with Crippen LogP contribution in [0.5, 0.6) is 0 Å². The van der Waals surface area contributed by atoms with Crippen LogP contribution in [0.25, 0.3) is 0 Å². The molecule has 3 aliphatic rings. The number of aliphatic imine (C=N–C) groups is 1. The van der Waals surface area contributed by atoms with Gasteiger partial charge in [0.25, 0.3) is 0 Å². The Labute approximate surface area is 149 Å². The molecule has 1 saturated heterocycles. The molecule has 7 heteroatoms. The molecule has 0 aromatic rings. The molecule has 22 heavy (non-hydrogen) atoms. The van der Waals surface area contributed by atoms with Gasteiger partial charge >= 0.3 is 0 Å². The van der Waals surface area contributed by atoms with Crippen molar-refractivity contribution in [2.45, 2.75) is 51.2 Å². The average molecular weight is 373 g/mol. The van der Waals surface area contributed by atoms with Crippen LogP contribution in [0.2, 0.25) is 0 Å². The zero-order chi connectivity index (χ0) is 16.0. The van der Waals surface area contributed by atoms with Gasteiger partial charge in [0.05, 0.1) is 20.1 Å². The molecule has 120 valence electrons. The molecule has 3 aliphatic heterocycles. The topological polar surface area (TPSA) is 35.8 Å². The summed E-state index contributed by atoms with van der Waals surface area (Å²) in [6, 6.07) is 0.104. The van der Waals surface area contributed by atoms with E-state index in [-0.39, 0.29) is 17.1 Å². The summed E-state index contributed by atoms with van der Waals surface area (Å²) in [6.45, 7) is 8.24. The molecule has 1 unspecified atom stereocenters. The lowest BCUT2D eigenvalue weighted by Gasteiger charge is -2.34. The second-order valence-electron chi connectivity index (χ2n) is 6.60. The van der Waals surface area contributed by atoms with Gasteiger partial charge in [-0.25, -0.2) is 0 Å². The van der Waals surface area contributed by atoms with Crippen molar-refractivity contribution in [2.24, 2.45) is 4.99 Å². The first-order valence-electron chi connectivity index (χ1n) is 7.10. The molecule has 1 atom stereocenters. The number of thioether (sulfide) groups is 4. The van der Waals surface area contributed by atoms with Gasteiger partial charge in [-0.2, -0.15) is 5.06 Å². The minimum absolute atomic E-state index is 0.104. The smallest absolute Gasteiger partial charge is 0.0719 e. The first-order chi connectivity index (χ1) is 10.3. The third-order valence-corrected chi connectivity index (χ3v) is 9.05. The van der Waals surface area contributed by atoms with E-state index < -0.39 is 0 Å². The molecule has 1 N–H and O–H groups in total. The third-order valence-electron chi connectivity index (χ3n) is 4.07. The van der Waals surface area contributed by atoms with Crippen molar-refractivity contribution in [3.8, 4) is 0 Å². The lowest BCUT2D eigenvalue weighted by molar-refractivity contribution is -0.193. The van der Waals surface area contributed by atoms with Gasteiger partial charge in [-0.3, -0.25) is 4.99 Å². The van der Waals surface area contributed by atoms with E-state index in [0.29, 0.717) is 0 Å². The number of hydrogen-bond acceptors (Lipinski definition) is 7. The molecule has 0 aromatic heterocycles. The largest absolute Gasteiger partial charge is 0.313 e. The molecular formula is C15H20N2OS4. The summed E-state index contributed by atoms with van der Waals surface area (Å²) in [6.07, 6.45) is 2.84. The monoisotopic (exact) mass is 372 g/mol. The summed E-state index contributed by atoms with van der Waals surface area (Å²) in [7, 11) is 0. The van der Waals surface area contributed by atoms with Gasteiger partial charge in [-0.05, 0) is 50.3 Å². The Morgan fingerprint density at radius 2 is 1.86 bits per heavy atom. The van der Waals surface area contributed by atoms with Crippen LogP contribution in [-0.4, -0.2) is 33.6 Å². The lowest BCUT2D eigenvalue weighted by atomic mass is 9.95. The van der Waals surface area contributed by atoms with E-state index in [1.807, 2.05) is 6.21 Å². The molecule has 0 spiro atoms. The van der Waals surface area contributed by atoms with E-state index in [0.717, 1.165) is 6.42 Å². The minimum Gasteiger partial charge on any atom is -0.313 e. The van der Waals surface area contributed by atoms with Crippen LogP contribution in [0, 0.1) is 0 Å². The van der Waals surface area contributed by atoms with Crippen LogP contribution in [0.4, 0.5) is 0 Å². The Hall–Kier alpha value is 0.210. The Bertz CT molecular complexity index is 582. The summed E-state index contributed by atoms with van der Waals surface area (Å²) in [4.78, 5) is 5.97.